The highest BCUT2D eigenvalue weighted by atomic mass is 16.5. The molecular formula is C24H37NO2. The molecule has 0 aliphatic rings. The molecule has 0 N–H and O–H groups in total. The average molecular weight is 372 g/mol. The summed E-state index contributed by atoms with van der Waals surface area (Å²) in [7, 11) is 0. The lowest BCUT2D eigenvalue weighted by Gasteiger charge is -2.05. The van der Waals surface area contributed by atoms with E-state index in [-0.39, 0.29) is 5.97 Å². The van der Waals surface area contributed by atoms with Crippen LogP contribution in [-0.2, 0) is 16.1 Å². The highest BCUT2D eigenvalue weighted by Crippen LogP contribution is 2.12. The fourth-order valence-corrected chi connectivity index (χ4v) is 2.98. The summed E-state index contributed by atoms with van der Waals surface area (Å²) in [6.07, 6.45) is 25.2. The fraction of sp³-hybridized carbons (Fsp3) is 0.583. The third-order valence-electron chi connectivity index (χ3n) is 4.59. The second-order valence-electron chi connectivity index (χ2n) is 7.09. The van der Waals surface area contributed by atoms with Crippen LogP contribution in [0.3, 0.4) is 0 Å². The molecule has 0 spiro atoms. The minimum absolute atomic E-state index is 0.0989. The Labute approximate surface area is 165 Å². The van der Waals surface area contributed by atoms with Crippen LogP contribution in [-0.4, -0.2) is 11.0 Å². The van der Waals surface area contributed by atoms with E-state index in [1.165, 1.54) is 57.8 Å². The van der Waals surface area contributed by atoms with Gasteiger partial charge in [0.2, 0.25) is 0 Å². The molecule has 0 saturated heterocycles. The van der Waals surface area contributed by atoms with Crippen LogP contribution < -0.4 is 0 Å². The predicted molar refractivity (Wildman–Crippen MR) is 113 cm³/mol. The van der Waals surface area contributed by atoms with Gasteiger partial charge in [0.1, 0.15) is 6.61 Å². The molecule has 1 heterocycles. The molecule has 150 valence electrons. The van der Waals surface area contributed by atoms with Crippen LogP contribution in [0, 0.1) is 0 Å². The van der Waals surface area contributed by atoms with E-state index in [0.717, 1.165) is 24.8 Å². The second-order valence-corrected chi connectivity index (χ2v) is 7.09. The van der Waals surface area contributed by atoms with Crippen molar-refractivity contribution in [2.75, 3.05) is 0 Å². The Morgan fingerprint density at radius 1 is 0.963 bits per heavy atom. The van der Waals surface area contributed by atoms with Crippen LogP contribution in [0.4, 0.5) is 0 Å². The SMILES string of the molecule is C=CC/C=C\CCCCCCCCCCCCC(=O)OCc1cccnc1. The molecular weight excluding hydrogens is 334 g/mol. The lowest BCUT2D eigenvalue weighted by Crippen LogP contribution is -2.04. The topological polar surface area (TPSA) is 39.2 Å². The molecule has 0 aliphatic carbocycles. The molecule has 0 amide bonds. The zero-order valence-electron chi connectivity index (χ0n) is 16.9. The monoisotopic (exact) mass is 371 g/mol. The third kappa shape index (κ3) is 14.9. The maximum atomic E-state index is 11.7. The van der Waals surface area contributed by atoms with Crippen molar-refractivity contribution in [2.45, 2.75) is 90.1 Å². The number of rotatable bonds is 17. The van der Waals surface area contributed by atoms with Crippen molar-refractivity contribution in [3.8, 4) is 0 Å². The van der Waals surface area contributed by atoms with Crippen LogP contribution in [0.2, 0.25) is 0 Å². The summed E-state index contributed by atoms with van der Waals surface area (Å²) in [5.41, 5.74) is 0.940. The molecule has 0 saturated carbocycles. The first-order valence-electron chi connectivity index (χ1n) is 10.6. The molecule has 1 rings (SSSR count). The lowest BCUT2D eigenvalue weighted by molar-refractivity contribution is -0.145. The molecule has 0 aromatic carbocycles. The molecule has 0 aliphatic heterocycles. The number of pyridine rings is 1. The number of hydrogen-bond donors (Lipinski definition) is 0. The smallest absolute Gasteiger partial charge is 0.306 e. The molecule has 0 fully saturated rings. The van der Waals surface area contributed by atoms with Crippen LogP contribution >= 0.6 is 0 Å². The van der Waals surface area contributed by atoms with Gasteiger partial charge in [-0.1, -0.05) is 75.7 Å². The predicted octanol–water partition coefficient (Wildman–Crippen LogP) is 6.94. The summed E-state index contributed by atoms with van der Waals surface area (Å²) in [5.74, 6) is -0.0989. The van der Waals surface area contributed by atoms with Crippen molar-refractivity contribution in [3.05, 3.63) is 54.9 Å². The van der Waals surface area contributed by atoms with E-state index in [9.17, 15) is 4.79 Å². The Bertz CT molecular complexity index is 510. The maximum Gasteiger partial charge on any atom is 0.306 e. The summed E-state index contributed by atoms with van der Waals surface area (Å²) in [4.78, 5) is 15.7. The summed E-state index contributed by atoms with van der Waals surface area (Å²) >= 11 is 0. The Hall–Kier alpha value is -1.90. The van der Waals surface area contributed by atoms with E-state index in [0.29, 0.717) is 13.0 Å². The molecule has 0 radical (unpaired) electrons. The number of allylic oxidation sites excluding steroid dienone is 3. The van der Waals surface area contributed by atoms with Gasteiger partial charge in [0.05, 0.1) is 0 Å². The zero-order valence-corrected chi connectivity index (χ0v) is 16.9. The van der Waals surface area contributed by atoms with Crippen LogP contribution in [0.1, 0.15) is 89.0 Å². The Morgan fingerprint density at radius 2 is 1.63 bits per heavy atom. The molecule has 1 aromatic heterocycles. The number of unbranched alkanes of at least 4 members (excludes halogenated alkanes) is 10. The van der Waals surface area contributed by atoms with Gasteiger partial charge in [0.15, 0.2) is 0 Å². The summed E-state index contributed by atoms with van der Waals surface area (Å²) in [6.45, 7) is 4.04. The van der Waals surface area contributed by atoms with E-state index in [2.05, 4.69) is 23.7 Å². The highest BCUT2D eigenvalue weighted by Gasteiger charge is 2.03. The first kappa shape index (κ1) is 23.1. The zero-order chi connectivity index (χ0) is 19.4. The van der Waals surface area contributed by atoms with Gasteiger partial charge in [-0.25, -0.2) is 0 Å². The molecule has 1 aromatic rings. The van der Waals surface area contributed by atoms with Gasteiger partial charge < -0.3 is 4.74 Å². The van der Waals surface area contributed by atoms with Gasteiger partial charge in [-0.15, -0.1) is 6.58 Å². The molecule has 3 nitrogen and oxygen atoms in total. The fourth-order valence-electron chi connectivity index (χ4n) is 2.98. The number of ether oxygens (including phenoxy) is 1. The maximum absolute atomic E-state index is 11.7. The number of nitrogens with zero attached hydrogens (tertiary/aromatic N) is 1. The Balaban J connectivity index is 1.79. The largest absolute Gasteiger partial charge is 0.461 e. The van der Waals surface area contributed by atoms with Crippen molar-refractivity contribution >= 4 is 5.97 Å². The van der Waals surface area contributed by atoms with E-state index in [4.69, 9.17) is 4.74 Å². The summed E-state index contributed by atoms with van der Waals surface area (Å²) in [5, 5.41) is 0. The number of hydrogen-bond acceptors (Lipinski definition) is 3. The highest BCUT2D eigenvalue weighted by molar-refractivity contribution is 5.69. The molecule has 27 heavy (non-hydrogen) atoms. The van der Waals surface area contributed by atoms with Gasteiger partial charge in [-0.3, -0.25) is 9.78 Å². The second kappa shape index (κ2) is 17.5. The van der Waals surface area contributed by atoms with Gasteiger partial charge in [0, 0.05) is 24.4 Å². The van der Waals surface area contributed by atoms with E-state index >= 15 is 0 Å². The van der Waals surface area contributed by atoms with Gasteiger partial charge in [-0.2, -0.15) is 0 Å². The quantitative estimate of drug-likeness (QED) is 0.169. The normalized spacial score (nSPS) is 11.0. The van der Waals surface area contributed by atoms with E-state index < -0.39 is 0 Å². The van der Waals surface area contributed by atoms with Crippen molar-refractivity contribution in [2.24, 2.45) is 0 Å². The standard InChI is InChI=1S/C24H37NO2/c1-2-3-4-5-6-7-8-9-10-11-12-13-14-15-16-19-24(26)27-22-23-18-17-20-25-21-23/h2,4-5,17-18,20-21H,1,3,6-16,19,22H2/b5-4-. The molecule has 0 unspecified atom stereocenters. The third-order valence-corrected chi connectivity index (χ3v) is 4.59. The lowest BCUT2D eigenvalue weighted by atomic mass is 10.1. The number of carbonyl (C=O) groups excluding carboxylic acids is 1. The average Bonchev–Trinajstić information content (AvgIpc) is 2.70. The summed E-state index contributed by atoms with van der Waals surface area (Å²) < 4.78 is 5.26. The minimum atomic E-state index is -0.0989. The Kier molecular flexibility index (Phi) is 15.0. The van der Waals surface area contributed by atoms with E-state index in [1.807, 2.05) is 18.2 Å². The van der Waals surface area contributed by atoms with Crippen LogP contribution in [0.15, 0.2) is 49.3 Å². The van der Waals surface area contributed by atoms with Crippen LogP contribution in [0.25, 0.3) is 0 Å². The Morgan fingerprint density at radius 3 is 2.26 bits per heavy atom. The van der Waals surface area contributed by atoms with Crippen molar-refractivity contribution in [3.63, 3.8) is 0 Å². The molecule has 3 heteroatoms. The molecule has 0 bridgehead atoms. The van der Waals surface area contributed by atoms with Gasteiger partial charge in [-0.05, 0) is 31.7 Å². The minimum Gasteiger partial charge on any atom is -0.461 e. The van der Waals surface area contributed by atoms with Crippen LogP contribution in [0.5, 0.6) is 0 Å². The molecule has 0 atom stereocenters. The van der Waals surface area contributed by atoms with Crippen molar-refractivity contribution < 1.29 is 9.53 Å². The van der Waals surface area contributed by atoms with Crippen molar-refractivity contribution in [1.29, 1.82) is 0 Å². The first-order chi connectivity index (χ1) is 13.3. The number of aromatic nitrogens is 1. The number of esters is 1. The van der Waals surface area contributed by atoms with Gasteiger partial charge >= 0.3 is 5.97 Å². The summed E-state index contributed by atoms with van der Waals surface area (Å²) in [6, 6.07) is 3.77. The number of carbonyl (C=O) groups is 1. The van der Waals surface area contributed by atoms with Crippen molar-refractivity contribution in [1.82, 2.24) is 4.98 Å². The van der Waals surface area contributed by atoms with Gasteiger partial charge in [0.25, 0.3) is 0 Å². The first-order valence-corrected chi connectivity index (χ1v) is 10.6. The van der Waals surface area contributed by atoms with E-state index in [1.54, 1.807) is 12.4 Å².